The monoisotopic (exact) mass is 375 g/mol. The van der Waals surface area contributed by atoms with Crippen molar-refractivity contribution in [1.29, 1.82) is 0 Å². The molecular formula is C21H26ClNO3. The van der Waals surface area contributed by atoms with Crippen LogP contribution >= 0.6 is 11.6 Å². The number of rotatable bonds is 6. The number of piperidine rings is 1. The highest BCUT2D eigenvalue weighted by molar-refractivity contribution is 6.30. The van der Waals surface area contributed by atoms with Crippen molar-refractivity contribution in [2.24, 2.45) is 5.41 Å². The van der Waals surface area contributed by atoms with Gasteiger partial charge in [0.1, 0.15) is 0 Å². The number of likely N-dealkylation sites (tertiary alicyclic amines) is 1. The molecule has 1 saturated heterocycles. The number of benzene rings is 2. The fourth-order valence-electron chi connectivity index (χ4n) is 3.70. The van der Waals surface area contributed by atoms with E-state index in [2.05, 4.69) is 4.90 Å². The molecule has 3 rings (SSSR count). The van der Waals surface area contributed by atoms with Crippen molar-refractivity contribution in [1.82, 2.24) is 4.90 Å². The number of halogens is 1. The summed E-state index contributed by atoms with van der Waals surface area (Å²) in [6, 6.07) is 13.5. The van der Waals surface area contributed by atoms with Crippen LogP contribution in [0, 0.1) is 5.41 Å². The molecule has 0 bridgehead atoms. The highest BCUT2D eigenvalue weighted by Gasteiger charge is 2.34. The van der Waals surface area contributed by atoms with E-state index in [-0.39, 0.29) is 17.8 Å². The van der Waals surface area contributed by atoms with Crippen molar-refractivity contribution in [3.8, 4) is 11.5 Å². The van der Waals surface area contributed by atoms with E-state index < -0.39 is 0 Å². The summed E-state index contributed by atoms with van der Waals surface area (Å²) >= 11 is 5.97. The van der Waals surface area contributed by atoms with E-state index in [1.54, 1.807) is 19.2 Å². The molecule has 2 aromatic carbocycles. The molecule has 0 spiro atoms. The molecule has 0 atom stereocenters. The van der Waals surface area contributed by atoms with Crippen LogP contribution in [0.25, 0.3) is 0 Å². The van der Waals surface area contributed by atoms with Crippen molar-refractivity contribution in [3.05, 3.63) is 58.6 Å². The highest BCUT2D eigenvalue weighted by Crippen LogP contribution is 2.36. The SMILES string of the molecule is COc1ccc(CN2CCC(CO)(Cc3ccc(Cl)cc3)CC2)cc1O. The maximum absolute atomic E-state index is 10.0. The van der Waals surface area contributed by atoms with Crippen LogP contribution in [0.5, 0.6) is 11.5 Å². The lowest BCUT2D eigenvalue weighted by Gasteiger charge is -2.41. The quantitative estimate of drug-likeness (QED) is 0.804. The summed E-state index contributed by atoms with van der Waals surface area (Å²) in [6.07, 6.45) is 2.78. The van der Waals surface area contributed by atoms with Crippen molar-refractivity contribution in [2.45, 2.75) is 25.8 Å². The van der Waals surface area contributed by atoms with Gasteiger partial charge in [0.15, 0.2) is 11.5 Å². The Morgan fingerprint density at radius 3 is 2.31 bits per heavy atom. The summed E-state index contributed by atoms with van der Waals surface area (Å²) in [5.74, 6) is 0.670. The van der Waals surface area contributed by atoms with E-state index in [4.69, 9.17) is 16.3 Å². The van der Waals surface area contributed by atoms with Gasteiger partial charge < -0.3 is 14.9 Å². The number of methoxy groups -OCH3 is 1. The first kappa shape index (κ1) is 19.0. The molecular weight excluding hydrogens is 350 g/mol. The van der Waals surface area contributed by atoms with Gasteiger partial charge in [0, 0.05) is 18.2 Å². The van der Waals surface area contributed by atoms with Gasteiger partial charge >= 0.3 is 0 Å². The van der Waals surface area contributed by atoms with Gasteiger partial charge in [0.25, 0.3) is 0 Å². The van der Waals surface area contributed by atoms with Crippen LogP contribution in [0.3, 0.4) is 0 Å². The third-order valence-electron chi connectivity index (χ3n) is 5.39. The van der Waals surface area contributed by atoms with Gasteiger partial charge in [-0.2, -0.15) is 0 Å². The smallest absolute Gasteiger partial charge is 0.160 e. The van der Waals surface area contributed by atoms with Gasteiger partial charge in [-0.1, -0.05) is 29.8 Å². The van der Waals surface area contributed by atoms with Crippen LogP contribution in [0.1, 0.15) is 24.0 Å². The Morgan fingerprint density at radius 1 is 1.08 bits per heavy atom. The van der Waals surface area contributed by atoms with Crippen molar-refractivity contribution in [3.63, 3.8) is 0 Å². The fraction of sp³-hybridized carbons (Fsp3) is 0.429. The first-order valence-electron chi connectivity index (χ1n) is 8.97. The maximum atomic E-state index is 10.0. The molecule has 0 aliphatic carbocycles. The van der Waals surface area contributed by atoms with Gasteiger partial charge in [-0.25, -0.2) is 0 Å². The first-order valence-corrected chi connectivity index (χ1v) is 9.35. The molecule has 0 unspecified atom stereocenters. The first-order chi connectivity index (χ1) is 12.5. The lowest BCUT2D eigenvalue weighted by molar-refractivity contribution is 0.0413. The molecule has 1 fully saturated rings. The van der Waals surface area contributed by atoms with Crippen LogP contribution in [0.4, 0.5) is 0 Å². The average Bonchev–Trinajstić information content (AvgIpc) is 2.66. The predicted molar refractivity (Wildman–Crippen MR) is 104 cm³/mol. The summed E-state index contributed by atoms with van der Waals surface area (Å²) in [5, 5.41) is 20.7. The molecule has 140 valence electrons. The third-order valence-corrected chi connectivity index (χ3v) is 5.65. The Hall–Kier alpha value is -1.75. The summed E-state index contributed by atoms with van der Waals surface area (Å²) < 4.78 is 5.10. The zero-order valence-electron chi connectivity index (χ0n) is 15.1. The number of phenolic OH excluding ortho intramolecular Hbond substituents is 1. The lowest BCUT2D eigenvalue weighted by atomic mass is 9.74. The fourth-order valence-corrected chi connectivity index (χ4v) is 3.83. The average molecular weight is 376 g/mol. The minimum atomic E-state index is -0.0631. The summed E-state index contributed by atoms with van der Waals surface area (Å²) in [6.45, 7) is 2.86. The Labute approximate surface area is 160 Å². The highest BCUT2D eigenvalue weighted by atomic mass is 35.5. The summed E-state index contributed by atoms with van der Waals surface area (Å²) in [4.78, 5) is 2.37. The number of ether oxygens (including phenoxy) is 1. The normalized spacial score (nSPS) is 17.2. The zero-order chi connectivity index (χ0) is 18.6. The number of phenols is 1. The van der Waals surface area contributed by atoms with E-state index in [0.717, 1.165) is 49.5 Å². The van der Waals surface area contributed by atoms with E-state index in [9.17, 15) is 10.2 Å². The second kappa shape index (κ2) is 8.30. The minimum Gasteiger partial charge on any atom is -0.504 e. The predicted octanol–water partition coefficient (Wildman–Crippen LogP) is 3.87. The molecule has 2 aromatic rings. The topological polar surface area (TPSA) is 52.9 Å². The van der Waals surface area contributed by atoms with E-state index in [0.29, 0.717) is 5.75 Å². The number of aliphatic hydroxyl groups excluding tert-OH is 1. The van der Waals surface area contributed by atoms with Crippen molar-refractivity contribution in [2.75, 3.05) is 26.8 Å². The maximum Gasteiger partial charge on any atom is 0.160 e. The van der Waals surface area contributed by atoms with Crippen LogP contribution in [-0.4, -0.2) is 41.9 Å². The van der Waals surface area contributed by atoms with Gasteiger partial charge in [-0.3, -0.25) is 4.90 Å². The van der Waals surface area contributed by atoms with E-state index in [1.165, 1.54) is 5.56 Å². The molecule has 4 nitrogen and oxygen atoms in total. The van der Waals surface area contributed by atoms with E-state index >= 15 is 0 Å². The molecule has 26 heavy (non-hydrogen) atoms. The van der Waals surface area contributed by atoms with Gasteiger partial charge in [0.2, 0.25) is 0 Å². The molecule has 0 aromatic heterocycles. The van der Waals surface area contributed by atoms with E-state index in [1.807, 2.05) is 30.3 Å². The van der Waals surface area contributed by atoms with Crippen LogP contribution < -0.4 is 4.74 Å². The largest absolute Gasteiger partial charge is 0.504 e. The number of nitrogens with zero attached hydrogens (tertiary/aromatic N) is 1. The Bertz CT molecular complexity index is 725. The molecule has 1 aliphatic heterocycles. The molecule has 1 aliphatic rings. The second-order valence-electron chi connectivity index (χ2n) is 7.24. The summed E-state index contributed by atoms with van der Waals surface area (Å²) in [5.41, 5.74) is 2.22. The van der Waals surface area contributed by atoms with Gasteiger partial charge in [0.05, 0.1) is 7.11 Å². The number of hydrogen-bond acceptors (Lipinski definition) is 4. The lowest BCUT2D eigenvalue weighted by Crippen LogP contribution is -2.42. The third kappa shape index (κ3) is 4.50. The molecule has 5 heteroatoms. The van der Waals surface area contributed by atoms with Crippen molar-refractivity contribution < 1.29 is 14.9 Å². The zero-order valence-corrected chi connectivity index (χ0v) is 15.9. The standard InChI is InChI=1S/C21H26ClNO3/c1-26-20-7-4-17(12-19(20)25)14-23-10-8-21(15-24,9-11-23)13-16-2-5-18(22)6-3-16/h2-7,12,24-25H,8-11,13-15H2,1H3. The Morgan fingerprint density at radius 2 is 1.73 bits per heavy atom. The van der Waals surface area contributed by atoms with Crippen LogP contribution in [0.15, 0.2) is 42.5 Å². The summed E-state index contributed by atoms with van der Waals surface area (Å²) in [7, 11) is 1.55. The minimum absolute atomic E-state index is 0.0631. The Kier molecular flexibility index (Phi) is 6.07. The number of aromatic hydroxyl groups is 1. The number of hydrogen-bond donors (Lipinski definition) is 2. The van der Waals surface area contributed by atoms with Crippen molar-refractivity contribution >= 4 is 11.6 Å². The van der Waals surface area contributed by atoms with Gasteiger partial charge in [-0.05, 0) is 73.2 Å². The van der Waals surface area contributed by atoms with Gasteiger partial charge in [-0.15, -0.1) is 0 Å². The Balaban J connectivity index is 1.59. The van der Waals surface area contributed by atoms with Crippen LogP contribution in [0.2, 0.25) is 5.02 Å². The molecule has 0 radical (unpaired) electrons. The molecule has 0 saturated carbocycles. The molecule has 0 amide bonds. The molecule has 1 heterocycles. The number of aliphatic hydroxyl groups is 1. The second-order valence-corrected chi connectivity index (χ2v) is 7.68. The van der Waals surface area contributed by atoms with Crippen LogP contribution in [-0.2, 0) is 13.0 Å². The molecule has 2 N–H and O–H groups in total.